The second-order valence-corrected chi connectivity index (χ2v) is 2.80. The first-order chi connectivity index (χ1) is 7.67. The minimum atomic E-state index is -0.403. The number of nitriles is 2. The third-order valence-electron chi connectivity index (χ3n) is 1.67. The van der Waals surface area contributed by atoms with Crippen LogP contribution in [0, 0.1) is 28.5 Å². The summed E-state index contributed by atoms with van der Waals surface area (Å²) in [5.74, 6) is -0.403. The van der Waals surface area contributed by atoms with Crippen LogP contribution in [0.5, 0.6) is 0 Å². The van der Waals surface area contributed by atoms with Gasteiger partial charge in [-0.05, 0) is 17.7 Å². The van der Waals surface area contributed by atoms with Crippen LogP contribution >= 0.6 is 0 Å². The van der Waals surface area contributed by atoms with E-state index in [1.807, 2.05) is 0 Å². The van der Waals surface area contributed by atoms with E-state index in [2.05, 4.69) is 4.99 Å². The Kier molecular flexibility index (Phi) is 3.77. The SMILES string of the molecule is N#C/C(N)=C(C#N)\N=C\c1cccc(F)c1. The maximum Gasteiger partial charge on any atom is 0.174 e. The Morgan fingerprint density at radius 2 is 2.12 bits per heavy atom. The summed E-state index contributed by atoms with van der Waals surface area (Å²) < 4.78 is 12.8. The van der Waals surface area contributed by atoms with Crippen molar-refractivity contribution in [3.63, 3.8) is 0 Å². The van der Waals surface area contributed by atoms with Crippen molar-refractivity contribution < 1.29 is 4.39 Å². The summed E-state index contributed by atoms with van der Waals surface area (Å²) in [7, 11) is 0. The Balaban J connectivity index is 2.99. The van der Waals surface area contributed by atoms with Crippen molar-refractivity contribution in [1.82, 2.24) is 0 Å². The van der Waals surface area contributed by atoms with Crippen LogP contribution in [0.15, 0.2) is 40.7 Å². The van der Waals surface area contributed by atoms with Crippen LogP contribution in [0.1, 0.15) is 5.56 Å². The predicted octanol–water partition coefficient (Wildman–Crippen LogP) is 1.46. The quantitative estimate of drug-likeness (QED) is 0.597. The molecule has 0 heterocycles. The van der Waals surface area contributed by atoms with Gasteiger partial charge in [-0.25, -0.2) is 9.38 Å². The molecule has 0 fully saturated rings. The molecule has 0 aliphatic heterocycles. The van der Waals surface area contributed by atoms with Gasteiger partial charge in [0.25, 0.3) is 0 Å². The number of hydrogen-bond donors (Lipinski definition) is 1. The van der Waals surface area contributed by atoms with Crippen molar-refractivity contribution in [2.45, 2.75) is 0 Å². The van der Waals surface area contributed by atoms with Gasteiger partial charge in [-0.1, -0.05) is 12.1 Å². The first-order valence-corrected chi connectivity index (χ1v) is 4.27. The lowest BCUT2D eigenvalue weighted by Crippen LogP contribution is -1.97. The van der Waals surface area contributed by atoms with E-state index in [-0.39, 0.29) is 11.4 Å². The Labute approximate surface area is 91.8 Å². The monoisotopic (exact) mass is 214 g/mol. The molecule has 0 unspecified atom stereocenters. The minimum absolute atomic E-state index is 0.188. The van der Waals surface area contributed by atoms with E-state index in [0.29, 0.717) is 5.56 Å². The lowest BCUT2D eigenvalue weighted by Gasteiger charge is -1.93. The van der Waals surface area contributed by atoms with Gasteiger partial charge < -0.3 is 5.73 Å². The van der Waals surface area contributed by atoms with Gasteiger partial charge in [-0.2, -0.15) is 10.5 Å². The first-order valence-electron chi connectivity index (χ1n) is 4.27. The van der Waals surface area contributed by atoms with Gasteiger partial charge in [-0.3, -0.25) is 0 Å². The minimum Gasteiger partial charge on any atom is -0.388 e. The predicted molar refractivity (Wildman–Crippen MR) is 56.4 cm³/mol. The molecule has 1 aromatic rings. The molecule has 0 amide bonds. The number of nitrogens with zero attached hydrogens (tertiary/aromatic N) is 3. The maximum atomic E-state index is 12.8. The van der Waals surface area contributed by atoms with E-state index in [0.717, 1.165) is 0 Å². The van der Waals surface area contributed by atoms with E-state index in [9.17, 15) is 4.39 Å². The lowest BCUT2D eigenvalue weighted by molar-refractivity contribution is 0.627. The Morgan fingerprint density at radius 1 is 1.38 bits per heavy atom. The van der Waals surface area contributed by atoms with Crippen LogP contribution < -0.4 is 5.73 Å². The molecular weight excluding hydrogens is 207 g/mol. The zero-order valence-corrected chi connectivity index (χ0v) is 8.18. The highest BCUT2D eigenvalue weighted by Gasteiger charge is 1.98. The Hall–Kier alpha value is -2.66. The second kappa shape index (κ2) is 5.28. The molecule has 0 aliphatic carbocycles. The van der Waals surface area contributed by atoms with E-state index < -0.39 is 5.82 Å². The normalized spacial score (nSPS) is 11.7. The number of halogens is 1. The summed E-state index contributed by atoms with van der Waals surface area (Å²) in [6, 6.07) is 8.96. The second-order valence-electron chi connectivity index (χ2n) is 2.80. The third-order valence-corrected chi connectivity index (χ3v) is 1.67. The summed E-state index contributed by atoms with van der Waals surface area (Å²) in [6.07, 6.45) is 1.27. The van der Waals surface area contributed by atoms with E-state index in [1.54, 1.807) is 18.2 Å². The molecule has 0 aliphatic rings. The van der Waals surface area contributed by atoms with Gasteiger partial charge in [0.15, 0.2) is 5.70 Å². The van der Waals surface area contributed by atoms with Crippen molar-refractivity contribution in [2.75, 3.05) is 0 Å². The van der Waals surface area contributed by atoms with Crippen LogP contribution in [0.25, 0.3) is 0 Å². The van der Waals surface area contributed by atoms with E-state index >= 15 is 0 Å². The zero-order chi connectivity index (χ0) is 12.0. The maximum absolute atomic E-state index is 12.8. The molecule has 0 saturated carbocycles. The van der Waals surface area contributed by atoms with Crippen LogP contribution in [-0.4, -0.2) is 6.21 Å². The summed E-state index contributed by atoms with van der Waals surface area (Å²) in [5, 5.41) is 17.1. The van der Waals surface area contributed by atoms with Gasteiger partial charge in [0, 0.05) is 6.21 Å². The number of nitrogens with two attached hydrogens (primary N) is 1. The van der Waals surface area contributed by atoms with Crippen LogP contribution in [-0.2, 0) is 0 Å². The van der Waals surface area contributed by atoms with Crippen LogP contribution in [0.3, 0.4) is 0 Å². The molecule has 0 saturated heterocycles. The molecule has 0 bridgehead atoms. The smallest absolute Gasteiger partial charge is 0.174 e. The summed E-state index contributed by atoms with van der Waals surface area (Å²) in [4.78, 5) is 3.70. The summed E-state index contributed by atoms with van der Waals surface area (Å²) in [5.41, 5.74) is 5.26. The summed E-state index contributed by atoms with van der Waals surface area (Å²) in [6.45, 7) is 0. The highest BCUT2D eigenvalue weighted by Crippen LogP contribution is 2.03. The molecule has 4 nitrogen and oxygen atoms in total. The van der Waals surface area contributed by atoms with Crippen molar-refractivity contribution in [1.29, 1.82) is 10.5 Å². The van der Waals surface area contributed by atoms with E-state index in [4.69, 9.17) is 16.3 Å². The van der Waals surface area contributed by atoms with Crippen LogP contribution in [0.4, 0.5) is 4.39 Å². The molecule has 0 aromatic heterocycles. The molecule has 1 rings (SSSR count). The largest absolute Gasteiger partial charge is 0.388 e. The number of rotatable bonds is 2. The van der Waals surface area contributed by atoms with Crippen molar-refractivity contribution in [3.8, 4) is 12.1 Å². The molecule has 5 heteroatoms. The average molecular weight is 214 g/mol. The molecule has 0 atom stereocenters. The lowest BCUT2D eigenvalue weighted by atomic mass is 10.2. The number of benzene rings is 1. The number of aliphatic imine (C=N–C) groups is 1. The van der Waals surface area contributed by atoms with Crippen LogP contribution in [0.2, 0.25) is 0 Å². The Morgan fingerprint density at radius 3 is 2.69 bits per heavy atom. The average Bonchev–Trinajstić information content (AvgIpc) is 2.29. The van der Waals surface area contributed by atoms with Gasteiger partial charge in [0.05, 0.1) is 0 Å². The third kappa shape index (κ3) is 2.93. The summed E-state index contributed by atoms with van der Waals surface area (Å²) >= 11 is 0. The highest BCUT2D eigenvalue weighted by atomic mass is 19.1. The van der Waals surface area contributed by atoms with Gasteiger partial charge in [0.1, 0.15) is 23.7 Å². The van der Waals surface area contributed by atoms with Gasteiger partial charge in [-0.15, -0.1) is 0 Å². The van der Waals surface area contributed by atoms with Gasteiger partial charge >= 0.3 is 0 Å². The molecular formula is C11H7FN4. The fraction of sp³-hybridized carbons (Fsp3) is 0. The number of hydrogen-bond acceptors (Lipinski definition) is 4. The van der Waals surface area contributed by atoms with Crippen molar-refractivity contribution in [3.05, 3.63) is 47.0 Å². The molecule has 16 heavy (non-hydrogen) atoms. The number of allylic oxidation sites excluding steroid dienone is 2. The van der Waals surface area contributed by atoms with Gasteiger partial charge in [0.2, 0.25) is 0 Å². The van der Waals surface area contributed by atoms with Crippen molar-refractivity contribution >= 4 is 6.21 Å². The van der Waals surface area contributed by atoms with E-state index in [1.165, 1.54) is 24.4 Å². The fourth-order valence-electron chi connectivity index (χ4n) is 0.938. The zero-order valence-electron chi connectivity index (χ0n) is 8.18. The molecule has 1 aromatic carbocycles. The molecule has 2 N–H and O–H groups in total. The molecule has 0 spiro atoms. The topological polar surface area (TPSA) is 86.0 Å². The van der Waals surface area contributed by atoms with Crippen molar-refractivity contribution in [2.24, 2.45) is 10.7 Å². The standard InChI is InChI=1S/C11H7FN4/c12-9-3-1-2-8(4-9)7-16-11(6-14)10(15)5-13/h1-4,7H,15H2/b11-10+,16-7+. The molecule has 0 radical (unpaired) electrons. The fourth-order valence-corrected chi connectivity index (χ4v) is 0.938. The Bertz CT molecular complexity index is 532. The first kappa shape index (κ1) is 11.4. The highest BCUT2D eigenvalue weighted by molar-refractivity contribution is 5.80. The molecule has 78 valence electrons.